The van der Waals surface area contributed by atoms with E-state index in [4.69, 9.17) is 4.74 Å². The number of imide groups is 1. The van der Waals surface area contributed by atoms with Crippen molar-refractivity contribution < 1.29 is 19.1 Å². The molecular formula is C24H31N3O4. The van der Waals surface area contributed by atoms with E-state index in [9.17, 15) is 14.4 Å². The second-order valence-electron chi connectivity index (χ2n) is 9.32. The maximum atomic E-state index is 12.9. The molecule has 2 saturated heterocycles. The molecule has 3 unspecified atom stereocenters. The number of piperidine rings is 2. The normalized spacial score (nSPS) is 29.6. The van der Waals surface area contributed by atoms with Crippen molar-refractivity contribution in [2.75, 3.05) is 13.1 Å². The molecular weight excluding hydrogens is 394 g/mol. The first kappa shape index (κ1) is 20.5. The summed E-state index contributed by atoms with van der Waals surface area (Å²) in [6, 6.07) is 5.60. The largest absolute Gasteiger partial charge is 0.489 e. The SMILES string of the molecule is O=C1CCC(N2Cc3cc(OC4CCCCC4N4CCCCC4)ccc3C2=O)C(=O)N1. The average Bonchev–Trinajstić information content (AvgIpc) is 3.10. The van der Waals surface area contributed by atoms with E-state index >= 15 is 0 Å². The van der Waals surface area contributed by atoms with Gasteiger partial charge in [0.1, 0.15) is 17.9 Å². The predicted molar refractivity (Wildman–Crippen MR) is 115 cm³/mol. The van der Waals surface area contributed by atoms with E-state index in [-0.39, 0.29) is 30.2 Å². The van der Waals surface area contributed by atoms with Gasteiger partial charge in [0, 0.05) is 24.6 Å². The van der Waals surface area contributed by atoms with Gasteiger partial charge < -0.3 is 9.64 Å². The molecule has 3 aliphatic heterocycles. The van der Waals surface area contributed by atoms with E-state index in [1.165, 1.54) is 51.6 Å². The Balaban J connectivity index is 1.29. The summed E-state index contributed by atoms with van der Waals surface area (Å²) < 4.78 is 6.50. The molecule has 1 aromatic rings. The maximum Gasteiger partial charge on any atom is 0.255 e. The Hall–Kier alpha value is -2.41. The molecule has 166 valence electrons. The highest BCUT2D eigenvalue weighted by Gasteiger charge is 2.39. The lowest BCUT2D eigenvalue weighted by Gasteiger charge is -2.41. The summed E-state index contributed by atoms with van der Waals surface area (Å²) in [5.74, 6) is 0.0304. The monoisotopic (exact) mass is 425 g/mol. The minimum Gasteiger partial charge on any atom is -0.489 e. The first-order valence-electron chi connectivity index (χ1n) is 11.8. The van der Waals surface area contributed by atoms with Gasteiger partial charge >= 0.3 is 0 Å². The van der Waals surface area contributed by atoms with Crippen LogP contribution in [0.4, 0.5) is 0 Å². The van der Waals surface area contributed by atoms with Crippen LogP contribution in [0.15, 0.2) is 18.2 Å². The summed E-state index contributed by atoms with van der Waals surface area (Å²) in [6.07, 6.45) is 9.45. The van der Waals surface area contributed by atoms with E-state index in [0.717, 1.165) is 17.7 Å². The first-order chi connectivity index (χ1) is 15.1. The van der Waals surface area contributed by atoms with Crippen LogP contribution in [-0.4, -0.2) is 58.8 Å². The van der Waals surface area contributed by atoms with Crippen molar-refractivity contribution in [1.82, 2.24) is 15.1 Å². The van der Waals surface area contributed by atoms with Crippen molar-refractivity contribution in [3.8, 4) is 5.75 Å². The molecule has 1 aliphatic carbocycles. The Kier molecular flexibility index (Phi) is 5.69. The molecule has 0 bridgehead atoms. The zero-order chi connectivity index (χ0) is 21.4. The quantitative estimate of drug-likeness (QED) is 0.751. The van der Waals surface area contributed by atoms with E-state index in [1.54, 1.807) is 4.90 Å². The number of hydrogen-bond acceptors (Lipinski definition) is 5. The lowest BCUT2D eigenvalue weighted by Crippen LogP contribution is -2.52. The van der Waals surface area contributed by atoms with Crippen molar-refractivity contribution in [1.29, 1.82) is 0 Å². The molecule has 7 heteroatoms. The second-order valence-corrected chi connectivity index (χ2v) is 9.32. The van der Waals surface area contributed by atoms with Crippen LogP contribution in [0, 0.1) is 0 Å². The Bertz CT molecular complexity index is 880. The number of likely N-dealkylation sites (tertiary alicyclic amines) is 1. The molecule has 3 atom stereocenters. The number of nitrogens with one attached hydrogen (secondary N) is 1. The van der Waals surface area contributed by atoms with Crippen molar-refractivity contribution in [2.45, 2.75) is 82.5 Å². The Morgan fingerprint density at radius 1 is 0.935 bits per heavy atom. The van der Waals surface area contributed by atoms with Gasteiger partial charge in [-0.2, -0.15) is 0 Å². The summed E-state index contributed by atoms with van der Waals surface area (Å²) in [5.41, 5.74) is 1.53. The fraction of sp³-hybridized carbons (Fsp3) is 0.625. The maximum absolute atomic E-state index is 12.9. The number of carbonyl (C=O) groups excluding carboxylic acids is 3. The third-order valence-electron chi connectivity index (χ3n) is 7.31. The standard InChI is InChI=1S/C24H31N3O4/c28-22-11-10-20(23(29)25-22)27-15-16-14-17(8-9-18(16)24(27)30)31-21-7-3-2-6-19(21)26-12-4-1-5-13-26/h8-9,14,19-21H,1-7,10-13,15H2,(H,25,28,29). The highest BCUT2D eigenvalue weighted by molar-refractivity contribution is 6.05. The molecule has 5 rings (SSSR count). The lowest BCUT2D eigenvalue weighted by molar-refractivity contribution is -0.136. The van der Waals surface area contributed by atoms with Crippen LogP contribution in [0.2, 0.25) is 0 Å². The molecule has 31 heavy (non-hydrogen) atoms. The van der Waals surface area contributed by atoms with Gasteiger partial charge in [0.05, 0.1) is 0 Å². The number of carbonyl (C=O) groups is 3. The van der Waals surface area contributed by atoms with Gasteiger partial charge in [-0.3, -0.25) is 24.6 Å². The van der Waals surface area contributed by atoms with Crippen molar-refractivity contribution in [3.05, 3.63) is 29.3 Å². The van der Waals surface area contributed by atoms with Gasteiger partial charge in [0.15, 0.2) is 0 Å². The molecule has 1 N–H and O–H groups in total. The molecule has 3 amide bonds. The molecule has 3 fully saturated rings. The van der Waals surface area contributed by atoms with Crippen LogP contribution in [-0.2, 0) is 16.1 Å². The van der Waals surface area contributed by atoms with E-state index in [2.05, 4.69) is 10.2 Å². The van der Waals surface area contributed by atoms with Crippen LogP contribution in [0.3, 0.4) is 0 Å². The van der Waals surface area contributed by atoms with Gasteiger partial charge in [-0.1, -0.05) is 12.8 Å². The molecule has 0 spiro atoms. The van der Waals surface area contributed by atoms with Crippen LogP contribution < -0.4 is 10.1 Å². The molecule has 4 aliphatic rings. The van der Waals surface area contributed by atoms with Gasteiger partial charge in [-0.05, 0) is 75.4 Å². The first-order valence-corrected chi connectivity index (χ1v) is 11.8. The fourth-order valence-corrected chi connectivity index (χ4v) is 5.68. The second kappa shape index (κ2) is 8.61. The average molecular weight is 426 g/mol. The number of benzene rings is 1. The minimum atomic E-state index is -0.580. The van der Waals surface area contributed by atoms with E-state index in [0.29, 0.717) is 24.6 Å². The van der Waals surface area contributed by atoms with Crippen molar-refractivity contribution >= 4 is 17.7 Å². The van der Waals surface area contributed by atoms with Crippen LogP contribution in [0.25, 0.3) is 0 Å². The Labute approximate surface area is 183 Å². The predicted octanol–water partition coefficient (Wildman–Crippen LogP) is 2.62. The summed E-state index contributed by atoms with van der Waals surface area (Å²) in [7, 11) is 0. The molecule has 3 heterocycles. The number of rotatable bonds is 4. The Morgan fingerprint density at radius 2 is 1.74 bits per heavy atom. The van der Waals surface area contributed by atoms with Crippen LogP contribution in [0.5, 0.6) is 5.75 Å². The number of nitrogens with zero attached hydrogens (tertiary/aromatic N) is 2. The molecule has 1 aromatic carbocycles. The summed E-state index contributed by atoms with van der Waals surface area (Å²) in [4.78, 5) is 40.8. The summed E-state index contributed by atoms with van der Waals surface area (Å²) >= 11 is 0. The van der Waals surface area contributed by atoms with Gasteiger partial charge in [-0.15, -0.1) is 0 Å². The Morgan fingerprint density at radius 3 is 2.55 bits per heavy atom. The van der Waals surface area contributed by atoms with E-state index < -0.39 is 6.04 Å². The van der Waals surface area contributed by atoms with Gasteiger partial charge in [-0.25, -0.2) is 0 Å². The van der Waals surface area contributed by atoms with Crippen LogP contribution in [0.1, 0.15) is 73.7 Å². The summed E-state index contributed by atoms with van der Waals surface area (Å²) in [5, 5.41) is 2.35. The van der Waals surface area contributed by atoms with Gasteiger partial charge in [0.2, 0.25) is 11.8 Å². The number of amides is 3. The highest BCUT2D eigenvalue weighted by atomic mass is 16.5. The zero-order valence-corrected chi connectivity index (χ0v) is 18.0. The van der Waals surface area contributed by atoms with Crippen LogP contribution >= 0.6 is 0 Å². The third-order valence-corrected chi connectivity index (χ3v) is 7.31. The molecule has 7 nitrogen and oxygen atoms in total. The number of fused-ring (bicyclic) bond motifs is 1. The van der Waals surface area contributed by atoms with Gasteiger partial charge in [0.25, 0.3) is 5.91 Å². The zero-order valence-electron chi connectivity index (χ0n) is 18.0. The smallest absolute Gasteiger partial charge is 0.255 e. The third kappa shape index (κ3) is 4.07. The number of hydrogen-bond donors (Lipinski definition) is 1. The molecule has 1 saturated carbocycles. The fourth-order valence-electron chi connectivity index (χ4n) is 5.68. The van der Waals surface area contributed by atoms with E-state index in [1.807, 2.05) is 18.2 Å². The van der Waals surface area contributed by atoms with Crippen molar-refractivity contribution in [2.24, 2.45) is 0 Å². The molecule has 0 aromatic heterocycles. The summed E-state index contributed by atoms with van der Waals surface area (Å²) in [6.45, 7) is 2.73. The number of ether oxygens (including phenoxy) is 1. The topological polar surface area (TPSA) is 79.0 Å². The molecule has 0 radical (unpaired) electrons. The minimum absolute atomic E-state index is 0.139. The van der Waals surface area contributed by atoms with Crippen molar-refractivity contribution in [3.63, 3.8) is 0 Å². The highest BCUT2D eigenvalue weighted by Crippen LogP contribution is 2.33. The lowest BCUT2D eigenvalue weighted by atomic mass is 9.90.